The lowest BCUT2D eigenvalue weighted by Gasteiger charge is -2.11. The summed E-state index contributed by atoms with van der Waals surface area (Å²) in [6.45, 7) is 4.52. The van der Waals surface area contributed by atoms with Crippen LogP contribution in [0.1, 0.15) is 36.5 Å². The summed E-state index contributed by atoms with van der Waals surface area (Å²) in [5, 5.41) is 26.7. The first-order valence-electron chi connectivity index (χ1n) is 6.79. The minimum absolute atomic E-state index is 0.0357. The molecular formula is C17H19NO3. The predicted molar refractivity (Wildman–Crippen MR) is 82.5 cm³/mol. The van der Waals surface area contributed by atoms with Crippen molar-refractivity contribution in [3.63, 3.8) is 0 Å². The second kappa shape index (κ2) is 6.31. The first kappa shape index (κ1) is 14.9. The molecule has 0 amide bonds. The molecule has 0 aliphatic heterocycles. The Morgan fingerprint density at radius 1 is 1.10 bits per heavy atom. The molecule has 3 N–H and O–H groups in total. The summed E-state index contributed by atoms with van der Waals surface area (Å²) in [5.74, 6) is 0.162. The van der Waals surface area contributed by atoms with Gasteiger partial charge in [-0.1, -0.05) is 38.1 Å². The van der Waals surface area contributed by atoms with Gasteiger partial charge in [-0.25, -0.2) is 0 Å². The molecule has 0 bridgehead atoms. The molecule has 4 heteroatoms. The van der Waals surface area contributed by atoms with E-state index in [2.05, 4.69) is 13.8 Å². The van der Waals surface area contributed by atoms with Crippen LogP contribution in [0.5, 0.6) is 17.2 Å². The maximum absolute atomic E-state index is 9.81. The second-order valence-corrected chi connectivity index (χ2v) is 5.22. The number of ether oxygens (including phenoxy) is 1. The highest BCUT2D eigenvalue weighted by atomic mass is 16.5. The number of hydrogen-bond donors (Lipinski definition) is 3. The van der Waals surface area contributed by atoms with E-state index in [-0.39, 0.29) is 23.9 Å². The minimum atomic E-state index is -0.174. The third-order valence-corrected chi connectivity index (χ3v) is 3.27. The van der Waals surface area contributed by atoms with Crippen molar-refractivity contribution in [3.05, 3.63) is 53.1 Å². The van der Waals surface area contributed by atoms with Crippen LogP contribution < -0.4 is 4.74 Å². The van der Waals surface area contributed by atoms with Gasteiger partial charge >= 0.3 is 0 Å². The first-order chi connectivity index (χ1) is 10.0. The molecule has 4 nitrogen and oxygen atoms in total. The zero-order valence-corrected chi connectivity index (χ0v) is 12.1. The van der Waals surface area contributed by atoms with Gasteiger partial charge in [0.1, 0.15) is 6.61 Å². The van der Waals surface area contributed by atoms with Gasteiger partial charge in [0.2, 0.25) is 5.75 Å². The van der Waals surface area contributed by atoms with Gasteiger partial charge < -0.3 is 20.4 Å². The fourth-order valence-electron chi connectivity index (χ4n) is 2.01. The second-order valence-electron chi connectivity index (χ2n) is 5.22. The average molecular weight is 285 g/mol. The number of aromatic hydroxyl groups is 2. The molecule has 0 radical (unpaired) electrons. The first-order valence-corrected chi connectivity index (χ1v) is 6.79. The number of phenols is 2. The number of nitrogens with one attached hydrogen (secondary N) is 1. The van der Waals surface area contributed by atoms with Crippen LogP contribution in [-0.2, 0) is 6.61 Å². The fourth-order valence-corrected chi connectivity index (χ4v) is 2.01. The topological polar surface area (TPSA) is 73.5 Å². The molecule has 2 rings (SSSR count). The van der Waals surface area contributed by atoms with E-state index in [9.17, 15) is 10.2 Å². The normalized spacial score (nSPS) is 10.6. The monoisotopic (exact) mass is 285 g/mol. The lowest BCUT2D eigenvalue weighted by atomic mass is 10.0. The lowest BCUT2D eigenvalue weighted by Crippen LogP contribution is -1.97. The van der Waals surface area contributed by atoms with E-state index in [0.717, 1.165) is 11.8 Å². The minimum Gasteiger partial charge on any atom is -0.504 e. The molecule has 0 saturated heterocycles. The van der Waals surface area contributed by atoms with E-state index in [1.54, 1.807) is 0 Å². The lowest BCUT2D eigenvalue weighted by molar-refractivity contribution is 0.273. The summed E-state index contributed by atoms with van der Waals surface area (Å²) in [7, 11) is 0. The molecule has 0 fully saturated rings. The summed E-state index contributed by atoms with van der Waals surface area (Å²) in [4.78, 5) is 0. The van der Waals surface area contributed by atoms with Crippen LogP contribution in [-0.4, -0.2) is 16.4 Å². The Kier molecular flexibility index (Phi) is 4.48. The zero-order valence-electron chi connectivity index (χ0n) is 12.1. The van der Waals surface area contributed by atoms with Crippen LogP contribution in [0.2, 0.25) is 0 Å². The highest BCUT2D eigenvalue weighted by molar-refractivity contribution is 5.79. The van der Waals surface area contributed by atoms with Gasteiger partial charge in [-0.2, -0.15) is 0 Å². The van der Waals surface area contributed by atoms with E-state index in [0.29, 0.717) is 11.5 Å². The van der Waals surface area contributed by atoms with Gasteiger partial charge in [0.05, 0.1) is 0 Å². The Hall–Kier alpha value is -2.49. The highest BCUT2D eigenvalue weighted by Gasteiger charge is 2.11. The smallest absolute Gasteiger partial charge is 0.203 e. The van der Waals surface area contributed by atoms with E-state index < -0.39 is 0 Å². The van der Waals surface area contributed by atoms with Crippen molar-refractivity contribution in [3.8, 4) is 17.2 Å². The Balaban J connectivity index is 2.11. The number of benzene rings is 2. The van der Waals surface area contributed by atoms with Gasteiger partial charge in [0.15, 0.2) is 11.5 Å². The van der Waals surface area contributed by atoms with Gasteiger partial charge in [0, 0.05) is 6.21 Å². The Bertz CT molecular complexity index is 610. The maximum atomic E-state index is 9.81. The van der Waals surface area contributed by atoms with Crippen LogP contribution in [0.15, 0.2) is 36.4 Å². The van der Waals surface area contributed by atoms with E-state index >= 15 is 0 Å². The van der Waals surface area contributed by atoms with Crippen molar-refractivity contribution in [1.29, 1.82) is 5.41 Å². The fraction of sp³-hybridized carbons (Fsp3) is 0.235. The summed E-state index contributed by atoms with van der Waals surface area (Å²) in [5.41, 5.74) is 2.62. The Labute approximate surface area is 124 Å². The standard InChI is InChI=1S/C17H19NO3/c1-11(2)14-5-3-12(4-6-14)10-21-17-15(19)7-13(9-18)8-16(17)20/h3-9,11,18-20H,10H2,1-2H3. The van der Waals surface area contributed by atoms with Gasteiger partial charge in [0.25, 0.3) is 0 Å². The quantitative estimate of drug-likeness (QED) is 0.731. The molecule has 21 heavy (non-hydrogen) atoms. The molecule has 0 aliphatic carbocycles. The van der Waals surface area contributed by atoms with Gasteiger partial charge in [-0.3, -0.25) is 0 Å². The Morgan fingerprint density at radius 3 is 2.14 bits per heavy atom. The predicted octanol–water partition coefficient (Wildman–Crippen LogP) is 3.80. The largest absolute Gasteiger partial charge is 0.504 e. The van der Waals surface area contributed by atoms with E-state index in [1.807, 2.05) is 24.3 Å². The van der Waals surface area contributed by atoms with Crippen molar-refractivity contribution >= 4 is 6.21 Å². The van der Waals surface area contributed by atoms with Crippen LogP contribution in [0, 0.1) is 5.41 Å². The van der Waals surface area contributed by atoms with Crippen LogP contribution >= 0.6 is 0 Å². The van der Waals surface area contributed by atoms with Gasteiger partial charge in [-0.05, 0) is 34.7 Å². The molecule has 0 saturated carbocycles. The molecule has 0 spiro atoms. The molecule has 0 unspecified atom stereocenters. The number of rotatable bonds is 5. The molecule has 110 valence electrons. The van der Waals surface area contributed by atoms with E-state index in [4.69, 9.17) is 10.1 Å². The molecule has 0 aliphatic rings. The third kappa shape index (κ3) is 3.54. The van der Waals surface area contributed by atoms with Crippen molar-refractivity contribution in [2.75, 3.05) is 0 Å². The third-order valence-electron chi connectivity index (χ3n) is 3.27. The summed E-state index contributed by atoms with van der Waals surface area (Å²) in [6.07, 6.45) is 1.05. The SMILES string of the molecule is CC(C)c1ccc(COc2c(O)cc(C=N)cc2O)cc1. The molecule has 0 heterocycles. The van der Waals surface area contributed by atoms with E-state index in [1.165, 1.54) is 17.7 Å². The van der Waals surface area contributed by atoms with Gasteiger partial charge in [-0.15, -0.1) is 0 Å². The number of hydrogen-bond acceptors (Lipinski definition) is 4. The van der Waals surface area contributed by atoms with Crippen LogP contribution in [0.25, 0.3) is 0 Å². The summed E-state index contributed by atoms with van der Waals surface area (Å²) < 4.78 is 5.48. The van der Waals surface area contributed by atoms with Crippen LogP contribution in [0.4, 0.5) is 0 Å². The highest BCUT2D eigenvalue weighted by Crippen LogP contribution is 2.37. The molecule has 0 aromatic heterocycles. The average Bonchev–Trinajstić information content (AvgIpc) is 2.46. The molecule has 0 atom stereocenters. The molecular weight excluding hydrogens is 266 g/mol. The number of phenolic OH excluding ortho intramolecular Hbond substituents is 2. The van der Waals surface area contributed by atoms with Crippen molar-refractivity contribution in [1.82, 2.24) is 0 Å². The summed E-state index contributed by atoms with van der Waals surface area (Å²) >= 11 is 0. The maximum Gasteiger partial charge on any atom is 0.203 e. The zero-order chi connectivity index (χ0) is 15.4. The van der Waals surface area contributed by atoms with Crippen LogP contribution in [0.3, 0.4) is 0 Å². The van der Waals surface area contributed by atoms with Crippen molar-refractivity contribution < 1.29 is 14.9 Å². The molecule has 2 aromatic rings. The summed E-state index contributed by atoms with van der Waals surface area (Å²) in [6, 6.07) is 10.8. The Morgan fingerprint density at radius 2 is 1.67 bits per heavy atom. The van der Waals surface area contributed by atoms with Crippen molar-refractivity contribution in [2.24, 2.45) is 0 Å². The molecule has 2 aromatic carbocycles. The van der Waals surface area contributed by atoms with Crippen molar-refractivity contribution in [2.45, 2.75) is 26.4 Å².